The van der Waals surface area contributed by atoms with Crippen molar-refractivity contribution in [1.29, 1.82) is 0 Å². The van der Waals surface area contributed by atoms with Crippen LogP contribution in [-0.4, -0.2) is 12.4 Å². The molecule has 0 spiro atoms. The average molecular weight is 216 g/mol. The lowest BCUT2D eigenvalue weighted by Gasteiger charge is -2.29. The van der Waals surface area contributed by atoms with Crippen molar-refractivity contribution in [2.75, 3.05) is 6.61 Å². The molecule has 1 saturated carbocycles. The third kappa shape index (κ3) is 1.57. The smallest absolute Gasteiger partial charge is 0.138 e. The molecule has 0 radical (unpaired) electrons. The van der Waals surface area contributed by atoms with Gasteiger partial charge in [0.1, 0.15) is 5.78 Å². The molecule has 0 N–H and O–H groups in total. The van der Waals surface area contributed by atoms with E-state index in [9.17, 15) is 4.79 Å². The minimum Gasteiger partial charge on any atom is -0.372 e. The van der Waals surface area contributed by atoms with Gasteiger partial charge >= 0.3 is 0 Å². The van der Waals surface area contributed by atoms with Crippen molar-refractivity contribution in [3.63, 3.8) is 0 Å². The van der Waals surface area contributed by atoms with Crippen LogP contribution >= 0.6 is 0 Å². The van der Waals surface area contributed by atoms with E-state index in [1.54, 1.807) is 0 Å². The van der Waals surface area contributed by atoms with Crippen LogP contribution < -0.4 is 0 Å². The van der Waals surface area contributed by atoms with E-state index in [0.717, 1.165) is 32.3 Å². The van der Waals surface area contributed by atoms with Crippen LogP contribution in [0.4, 0.5) is 0 Å². The first kappa shape index (κ1) is 10.0. The average Bonchev–Trinajstić information content (AvgIpc) is 2.75. The van der Waals surface area contributed by atoms with Gasteiger partial charge in [-0.05, 0) is 30.4 Å². The number of fused-ring (bicyclic) bond motifs is 1. The Kier molecular flexibility index (Phi) is 2.52. The molecule has 1 aliphatic heterocycles. The molecule has 1 aliphatic carbocycles. The highest BCUT2D eigenvalue weighted by Crippen LogP contribution is 2.39. The highest BCUT2D eigenvalue weighted by molar-refractivity contribution is 5.83. The zero-order chi connectivity index (χ0) is 11.0. The minimum atomic E-state index is 0.0277. The molecule has 0 saturated heterocycles. The largest absolute Gasteiger partial charge is 0.372 e. The number of rotatable bonds is 1. The van der Waals surface area contributed by atoms with Gasteiger partial charge in [-0.1, -0.05) is 24.3 Å². The van der Waals surface area contributed by atoms with Gasteiger partial charge in [0.15, 0.2) is 0 Å². The third-order valence-corrected chi connectivity index (χ3v) is 3.75. The molecule has 0 aromatic heterocycles. The van der Waals surface area contributed by atoms with E-state index in [4.69, 9.17) is 4.74 Å². The Bertz CT molecular complexity index is 411. The van der Waals surface area contributed by atoms with E-state index < -0.39 is 0 Å². The van der Waals surface area contributed by atoms with E-state index in [0.29, 0.717) is 5.78 Å². The summed E-state index contributed by atoms with van der Waals surface area (Å²) in [6, 6.07) is 8.38. The van der Waals surface area contributed by atoms with E-state index in [1.807, 2.05) is 6.07 Å². The van der Waals surface area contributed by atoms with Crippen molar-refractivity contribution in [2.24, 2.45) is 5.92 Å². The summed E-state index contributed by atoms with van der Waals surface area (Å²) >= 11 is 0. The first-order valence-electron chi connectivity index (χ1n) is 6.08. The van der Waals surface area contributed by atoms with Gasteiger partial charge in [-0.25, -0.2) is 0 Å². The maximum Gasteiger partial charge on any atom is 0.138 e. The highest BCUT2D eigenvalue weighted by atomic mass is 16.5. The summed E-state index contributed by atoms with van der Waals surface area (Å²) in [6.45, 7) is 0.755. The predicted molar refractivity (Wildman–Crippen MR) is 61.2 cm³/mol. The van der Waals surface area contributed by atoms with Gasteiger partial charge < -0.3 is 4.74 Å². The number of carbonyl (C=O) groups excluding carboxylic acids is 1. The molecule has 0 amide bonds. The topological polar surface area (TPSA) is 26.3 Å². The lowest BCUT2D eigenvalue weighted by Crippen LogP contribution is -2.25. The molecule has 84 valence electrons. The predicted octanol–water partition coefficient (Wildman–Crippen LogP) is 2.67. The Hall–Kier alpha value is -1.15. The van der Waals surface area contributed by atoms with Crippen molar-refractivity contribution >= 4 is 5.78 Å². The zero-order valence-electron chi connectivity index (χ0n) is 9.32. The van der Waals surface area contributed by atoms with Gasteiger partial charge in [0.2, 0.25) is 0 Å². The number of carbonyl (C=O) groups is 1. The Morgan fingerprint density at radius 1 is 1.19 bits per heavy atom. The Morgan fingerprint density at radius 2 is 2.06 bits per heavy atom. The number of Topliss-reactive ketones (excluding diaryl/α,β-unsaturated/α-hetero) is 1. The first-order chi connectivity index (χ1) is 7.86. The maximum atomic E-state index is 11.8. The molecule has 1 fully saturated rings. The summed E-state index contributed by atoms with van der Waals surface area (Å²) < 4.78 is 5.84. The van der Waals surface area contributed by atoms with Crippen LogP contribution in [0, 0.1) is 5.92 Å². The number of benzene rings is 1. The van der Waals surface area contributed by atoms with Crippen LogP contribution in [0.2, 0.25) is 0 Å². The van der Waals surface area contributed by atoms with Crippen molar-refractivity contribution in [1.82, 2.24) is 0 Å². The number of hydrogen-bond acceptors (Lipinski definition) is 2. The molecule has 3 rings (SSSR count). The van der Waals surface area contributed by atoms with Crippen LogP contribution in [0.15, 0.2) is 24.3 Å². The highest BCUT2D eigenvalue weighted by Gasteiger charge is 2.36. The zero-order valence-corrected chi connectivity index (χ0v) is 9.32. The second-order valence-corrected chi connectivity index (χ2v) is 4.71. The normalized spacial score (nSPS) is 29.1. The van der Waals surface area contributed by atoms with Crippen LogP contribution in [0.25, 0.3) is 0 Å². The third-order valence-electron chi connectivity index (χ3n) is 3.75. The fourth-order valence-electron chi connectivity index (χ4n) is 2.92. The summed E-state index contributed by atoms with van der Waals surface area (Å²) in [6.07, 6.45) is 3.78. The van der Waals surface area contributed by atoms with Crippen molar-refractivity contribution in [3.8, 4) is 0 Å². The summed E-state index contributed by atoms with van der Waals surface area (Å²) in [5.74, 6) is 0.503. The van der Waals surface area contributed by atoms with Gasteiger partial charge in [0.25, 0.3) is 0 Å². The van der Waals surface area contributed by atoms with Crippen molar-refractivity contribution in [3.05, 3.63) is 35.4 Å². The van der Waals surface area contributed by atoms with E-state index in [1.165, 1.54) is 11.1 Å². The molecule has 2 atom stereocenters. The van der Waals surface area contributed by atoms with Crippen molar-refractivity contribution < 1.29 is 9.53 Å². The second kappa shape index (κ2) is 4.02. The van der Waals surface area contributed by atoms with Crippen LogP contribution in [-0.2, 0) is 16.0 Å². The van der Waals surface area contributed by atoms with E-state index >= 15 is 0 Å². The molecule has 2 unspecified atom stereocenters. The Morgan fingerprint density at radius 3 is 2.88 bits per heavy atom. The summed E-state index contributed by atoms with van der Waals surface area (Å²) in [5, 5.41) is 0. The number of ketones is 1. The molecular formula is C14H16O2. The van der Waals surface area contributed by atoms with Gasteiger partial charge in [-0.3, -0.25) is 4.79 Å². The van der Waals surface area contributed by atoms with Gasteiger partial charge in [-0.15, -0.1) is 0 Å². The molecule has 2 aliphatic rings. The Labute approximate surface area is 95.6 Å². The number of hydrogen-bond donors (Lipinski definition) is 0. The summed E-state index contributed by atoms with van der Waals surface area (Å²) in [4.78, 5) is 11.8. The van der Waals surface area contributed by atoms with Crippen LogP contribution in [0.5, 0.6) is 0 Å². The molecular weight excluding hydrogens is 200 g/mol. The fraction of sp³-hybridized carbons (Fsp3) is 0.500. The number of ether oxygens (including phenoxy) is 1. The summed E-state index contributed by atoms with van der Waals surface area (Å²) in [7, 11) is 0. The molecule has 1 heterocycles. The van der Waals surface area contributed by atoms with E-state index in [-0.39, 0.29) is 12.0 Å². The monoisotopic (exact) mass is 216 g/mol. The molecule has 16 heavy (non-hydrogen) atoms. The molecule has 1 aromatic carbocycles. The lowest BCUT2D eigenvalue weighted by molar-refractivity contribution is -0.126. The lowest BCUT2D eigenvalue weighted by atomic mass is 9.88. The standard InChI is InChI=1S/C14H16O2/c15-13-7-3-6-12(13)14-11-5-2-1-4-10(11)8-9-16-14/h1-2,4-5,12,14H,3,6-9H2. The Balaban J connectivity index is 1.95. The second-order valence-electron chi connectivity index (χ2n) is 4.71. The molecule has 2 heteroatoms. The minimum absolute atomic E-state index is 0.0277. The summed E-state index contributed by atoms with van der Waals surface area (Å²) in [5.41, 5.74) is 2.60. The van der Waals surface area contributed by atoms with Crippen LogP contribution in [0.3, 0.4) is 0 Å². The van der Waals surface area contributed by atoms with Crippen LogP contribution in [0.1, 0.15) is 36.5 Å². The van der Waals surface area contributed by atoms with Gasteiger partial charge in [0.05, 0.1) is 12.7 Å². The van der Waals surface area contributed by atoms with E-state index in [2.05, 4.69) is 18.2 Å². The maximum absolute atomic E-state index is 11.8. The SMILES string of the molecule is O=C1CCCC1C1OCCc2ccccc21. The first-order valence-corrected chi connectivity index (χ1v) is 6.08. The molecule has 2 nitrogen and oxygen atoms in total. The van der Waals surface area contributed by atoms with Gasteiger partial charge in [-0.2, -0.15) is 0 Å². The molecule has 0 bridgehead atoms. The molecule has 1 aromatic rings. The van der Waals surface area contributed by atoms with Gasteiger partial charge in [0, 0.05) is 12.3 Å². The fourth-order valence-corrected chi connectivity index (χ4v) is 2.92. The quantitative estimate of drug-likeness (QED) is 0.721. The van der Waals surface area contributed by atoms with Crippen molar-refractivity contribution in [2.45, 2.75) is 31.8 Å².